The monoisotopic (exact) mass is 330 g/mol. The van der Waals surface area contributed by atoms with E-state index in [4.69, 9.17) is 5.73 Å². The van der Waals surface area contributed by atoms with E-state index in [0.29, 0.717) is 16.5 Å². The second-order valence-corrected chi connectivity index (χ2v) is 5.97. The van der Waals surface area contributed by atoms with Crippen LogP contribution in [0.4, 0.5) is 16.5 Å². The molecular formula is C14H14N6O2S. The molecule has 0 aliphatic carbocycles. The number of amides is 2. The van der Waals surface area contributed by atoms with E-state index in [0.717, 1.165) is 10.2 Å². The molecule has 8 nitrogen and oxygen atoms in total. The highest BCUT2D eigenvalue weighted by Crippen LogP contribution is 2.28. The van der Waals surface area contributed by atoms with Gasteiger partial charge in [0.2, 0.25) is 5.91 Å². The summed E-state index contributed by atoms with van der Waals surface area (Å²) in [5, 5.41) is 9.85. The molecule has 3 rings (SSSR count). The van der Waals surface area contributed by atoms with E-state index in [1.54, 1.807) is 31.4 Å². The number of hydrogen-bond acceptors (Lipinski definition) is 6. The van der Waals surface area contributed by atoms with Crippen LogP contribution in [0.2, 0.25) is 0 Å². The van der Waals surface area contributed by atoms with Crippen LogP contribution in [-0.2, 0) is 11.8 Å². The van der Waals surface area contributed by atoms with Crippen LogP contribution < -0.4 is 16.4 Å². The molecular weight excluding hydrogens is 316 g/mol. The molecule has 118 valence electrons. The largest absolute Gasteiger partial charge is 0.396 e. The number of aromatic nitrogens is 3. The number of carbonyl (C=O) groups excluding carboxylic acids is 2. The fourth-order valence-corrected chi connectivity index (χ4v) is 3.00. The fraction of sp³-hybridized carbons (Fsp3) is 0.143. The number of aryl methyl sites for hydroxylation is 1. The van der Waals surface area contributed by atoms with Crippen molar-refractivity contribution in [3.8, 4) is 0 Å². The van der Waals surface area contributed by atoms with Crippen molar-refractivity contribution in [1.82, 2.24) is 14.8 Å². The van der Waals surface area contributed by atoms with E-state index < -0.39 is 5.91 Å². The van der Waals surface area contributed by atoms with Crippen molar-refractivity contribution in [2.75, 3.05) is 16.4 Å². The van der Waals surface area contributed by atoms with Gasteiger partial charge in [-0.3, -0.25) is 19.6 Å². The maximum Gasteiger partial charge on any atom is 0.280 e. The van der Waals surface area contributed by atoms with Gasteiger partial charge in [0, 0.05) is 25.9 Å². The number of hydrogen-bond donors (Lipinski definition) is 3. The van der Waals surface area contributed by atoms with Gasteiger partial charge in [-0.05, 0) is 18.2 Å². The molecule has 0 aliphatic rings. The number of rotatable bonds is 3. The number of fused-ring (bicyclic) bond motifs is 1. The third-order valence-electron chi connectivity index (χ3n) is 3.00. The van der Waals surface area contributed by atoms with Gasteiger partial charge in [0.05, 0.1) is 15.9 Å². The van der Waals surface area contributed by atoms with Gasteiger partial charge in [0.25, 0.3) is 5.91 Å². The summed E-state index contributed by atoms with van der Waals surface area (Å²) in [4.78, 5) is 27.6. The number of nitrogen functional groups attached to an aromatic ring is 1. The van der Waals surface area contributed by atoms with Gasteiger partial charge in [0.15, 0.2) is 10.8 Å². The molecule has 0 spiro atoms. The van der Waals surface area contributed by atoms with Gasteiger partial charge in [-0.1, -0.05) is 11.3 Å². The highest BCUT2D eigenvalue weighted by Gasteiger charge is 2.16. The van der Waals surface area contributed by atoms with Crippen LogP contribution in [-0.4, -0.2) is 26.6 Å². The average Bonchev–Trinajstić information content (AvgIpc) is 2.99. The Morgan fingerprint density at radius 1 is 1.30 bits per heavy atom. The second kappa shape index (κ2) is 5.69. The molecule has 2 amide bonds. The fourth-order valence-electron chi connectivity index (χ4n) is 2.10. The number of benzene rings is 1. The molecule has 3 aromatic rings. The van der Waals surface area contributed by atoms with E-state index in [1.165, 1.54) is 22.9 Å². The molecule has 1 aromatic carbocycles. The highest BCUT2D eigenvalue weighted by atomic mass is 32.1. The van der Waals surface area contributed by atoms with Gasteiger partial charge in [-0.15, -0.1) is 0 Å². The van der Waals surface area contributed by atoms with Gasteiger partial charge in [-0.25, -0.2) is 4.98 Å². The Labute approximate surface area is 135 Å². The Morgan fingerprint density at radius 3 is 2.74 bits per heavy atom. The van der Waals surface area contributed by atoms with Crippen molar-refractivity contribution >= 4 is 49.9 Å². The van der Waals surface area contributed by atoms with Crippen molar-refractivity contribution in [2.24, 2.45) is 7.05 Å². The average molecular weight is 330 g/mol. The topological polar surface area (TPSA) is 115 Å². The maximum atomic E-state index is 12.2. The van der Waals surface area contributed by atoms with Crippen LogP contribution in [0.1, 0.15) is 17.4 Å². The molecule has 0 atom stereocenters. The Morgan fingerprint density at radius 2 is 2.09 bits per heavy atom. The van der Waals surface area contributed by atoms with E-state index in [-0.39, 0.29) is 11.6 Å². The molecule has 0 unspecified atom stereocenters. The maximum absolute atomic E-state index is 12.2. The first-order valence-electron chi connectivity index (χ1n) is 6.71. The molecule has 23 heavy (non-hydrogen) atoms. The van der Waals surface area contributed by atoms with Crippen molar-refractivity contribution in [1.29, 1.82) is 0 Å². The molecule has 0 saturated heterocycles. The summed E-state index contributed by atoms with van der Waals surface area (Å²) >= 11 is 1.30. The van der Waals surface area contributed by atoms with Gasteiger partial charge in [-0.2, -0.15) is 5.10 Å². The molecule has 2 aromatic heterocycles. The second-order valence-electron chi connectivity index (χ2n) is 4.94. The van der Waals surface area contributed by atoms with Crippen LogP contribution in [0.5, 0.6) is 0 Å². The first-order valence-corrected chi connectivity index (χ1v) is 7.52. The van der Waals surface area contributed by atoms with Gasteiger partial charge >= 0.3 is 0 Å². The molecule has 4 N–H and O–H groups in total. The number of nitrogens with zero attached hydrogens (tertiary/aromatic N) is 3. The molecule has 0 bridgehead atoms. The van der Waals surface area contributed by atoms with Crippen LogP contribution in [0.25, 0.3) is 10.2 Å². The van der Waals surface area contributed by atoms with Crippen molar-refractivity contribution in [2.45, 2.75) is 6.92 Å². The number of carbonyl (C=O) groups is 2. The summed E-state index contributed by atoms with van der Waals surface area (Å²) in [5.41, 5.74) is 7.61. The number of nitrogens with one attached hydrogen (secondary N) is 2. The van der Waals surface area contributed by atoms with E-state index in [2.05, 4.69) is 20.7 Å². The first kappa shape index (κ1) is 15.0. The molecule has 0 fully saturated rings. The quantitative estimate of drug-likeness (QED) is 0.677. The molecule has 0 radical (unpaired) electrons. The van der Waals surface area contributed by atoms with Crippen molar-refractivity contribution in [3.05, 3.63) is 30.1 Å². The predicted molar refractivity (Wildman–Crippen MR) is 89.5 cm³/mol. The van der Waals surface area contributed by atoms with Gasteiger partial charge < -0.3 is 11.1 Å². The standard InChI is InChI=1S/C14H14N6O2S/c1-7(21)16-8-3-4-10-11(5-8)23-14(17-10)18-13(22)12-9(15)6-20(2)19-12/h3-6H,15H2,1-2H3,(H,16,21)(H,17,18,22). The molecule has 2 heterocycles. The lowest BCUT2D eigenvalue weighted by Crippen LogP contribution is -2.14. The summed E-state index contributed by atoms with van der Waals surface area (Å²) in [5.74, 6) is -0.558. The van der Waals surface area contributed by atoms with Crippen molar-refractivity contribution < 1.29 is 9.59 Å². The minimum absolute atomic E-state index is 0.145. The number of thiazole rings is 1. The molecule has 0 aliphatic heterocycles. The van der Waals surface area contributed by atoms with Crippen molar-refractivity contribution in [3.63, 3.8) is 0 Å². The lowest BCUT2D eigenvalue weighted by Gasteiger charge is -1.99. The SMILES string of the molecule is CC(=O)Nc1ccc2nc(NC(=O)c3nn(C)cc3N)sc2c1. The Bertz CT molecular complexity index is 913. The predicted octanol–water partition coefficient (Wildman–Crippen LogP) is 1.82. The Kier molecular flexibility index (Phi) is 3.70. The zero-order chi connectivity index (χ0) is 16.6. The van der Waals surface area contributed by atoms with Gasteiger partial charge in [0.1, 0.15) is 0 Å². The smallest absolute Gasteiger partial charge is 0.280 e. The lowest BCUT2D eigenvalue weighted by molar-refractivity contribution is -0.114. The summed E-state index contributed by atoms with van der Waals surface area (Å²) in [6.45, 7) is 1.44. The van der Waals surface area contributed by atoms with Crippen LogP contribution >= 0.6 is 11.3 Å². The summed E-state index contributed by atoms with van der Waals surface area (Å²) in [6.07, 6.45) is 1.56. The summed E-state index contributed by atoms with van der Waals surface area (Å²) in [7, 11) is 1.69. The minimum atomic E-state index is -0.413. The Balaban J connectivity index is 1.84. The molecule has 0 saturated carbocycles. The zero-order valence-corrected chi connectivity index (χ0v) is 13.3. The van der Waals surface area contributed by atoms with E-state index >= 15 is 0 Å². The summed E-state index contributed by atoms with van der Waals surface area (Å²) in [6, 6.07) is 5.34. The number of anilines is 3. The highest BCUT2D eigenvalue weighted by molar-refractivity contribution is 7.22. The van der Waals surface area contributed by atoms with E-state index in [1.807, 2.05) is 0 Å². The Hall–Kier alpha value is -2.94. The third kappa shape index (κ3) is 3.14. The van der Waals surface area contributed by atoms with Crippen LogP contribution in [0, 0.1) is 0 Å². The van der Waals surface area contributed by atoms with E-state index in [9.17, 15) is 9.59 Å². The zero-order valence-electron chi connectivity index (χ0n) is 12.5. The summed E-state index contributed by atoms with van der Waals surface area (Å²) < 4.78 is 2.32. The minimum Gasteiger partial charge on any atom is -0.396 e. The lowest BCUT2D eigenvalue weighted by atomic mass is 10.3. The normalized spacial score (nSPS) is 10.7. The van der Waals surface area contributed by atoms with Crippen LogP contribution in [0.15, 0.2) is 24.4 Å². The molecule has 9 heteroatoms. The number of nitrogens with two attached hydrogens (primary N) is 1. The van der Waals surface area contributed by atoms with Crippen LogP contribution in [0.3, 0.4) is 0 Å². The first-order chi connectivity index (χ1) is 10.9. The third-order valence-corrected chi connectivity index (χ3v) is 3.94.